The number of rotatable bonds is 4. The molecule has 1 heterocycles. The van der Waals surface area contributed by atoms with Gasteiger partial charge < -0.3 is 15.6 Å². The van der Waals surface area contributed by atoms with E-state index in [1.54, 1.807) is 7.11 Å². The third kappa shape index (κ3) is 3.07. The second-order valence-corrected chi connectivity index (χ2v) is 4.23. The average Bonchev–Trinajstić information content (AvgIpc) is 2.45. The molecule has 0 amide bonds. The van der Waals surface area contributed by atoms with Crippen molar-refractivity contribution in [2.75, 3.05) is 13.7 Å². The molecule has 0 aliphatic heterocycles. The molecule has 1 atom stereocenters. The Morgan fingerprint density at radius 1 is 1.26 bits per heavy atom. The lowest BCUT2D eigenvalue weighted by molar-refractivity contribution is 0.176. The molecule has 0 saturated carbocycles. The van der Waals surface area contributed by atoms with E-state index < -0.39 is 6.10 Å². The van der Waals surface area contributed by atoms with Gasteiger partial charge in [-0.2, -0.15) is 0 Å². The van der Waals surface area contributed by atoms with Gasteiger partial charge >= 0.3 is 0 Å². The zero-order valence-electron chi connectivity index (χ0n) is 11.0. The third-order valence-corrected chi connectivity index (χ3v) is 2.78. The smallest absolute Gasteiger partial charge is 0.159 e. The van der Waals surface area contributed by atoms with Crippen molar-refractivity contribution in [3.8, 4) is 17.0 Å². The van der Waals surface area contributed by atoms with Crippen LogP contribution in [0.1, 0.15) is 17.6 Å². The number of benzene rings is 1. The van der Waals surface area contributed by atoms with E-state index in [4.69, 9.17) is 10.5 Å². The van der Waals surface area contributed by atoms with Gasteiger partial charge in [-0.25, -0.2) is 9.97 Å². The van der Waals surface area contributed by atoms with Crippen LogP contribution in [0.15, 0.2) is 30.3 Å². The number of aromatic nitrogens is 2. The molecule has 3 N–H and O–H groups in total. The van der Waals surface area contributed by atoms with E-state index in [9.17, 15) is 5.11 Å². The maximum absolute atomic E-state index is 9.74. The molecule has 5 nitrogen and oxygen atoms in total. The highest BCUT2D eigenvalue weighted by atomic mass is 16.5. The fourth-order valence-corrected chi connectivity index (χ4v) is 1.76. The van der Waals surface area contributed by atoms with Gasteiger partial charge in [-0.15, -0.1) is 0 Å². The maximum Gasteiger partial charge on any atom is 0.159 e. The number of aliphatic hydroxyl groups excluding tert-OH is 1. The van der Waals surface area contributed by atoms with Gasteiger partial charge in [-0.1, -0.05) is 0 Å². The summed E-state index contributed by atoms with van der Waals surface area (Å²) in [4.78, 5) is 8.55. The molecule has 2 aromatic rings. The molecule has 5 heteroatoms. The Morgan fingerprint density at radius 3 is 2.53 bits per heavy atom. The van der Waals surface area contributed by atoms with Crippen LogP contribution in [-0.4, -0.2) is 28.7 Å². The summed E-state index contributed by atoms with van der Waals surface area (Å²) in [6.45, 7) is 1.97. The van der Waals surface area contributed by atoms with Gasteiger partial charge in [-0.3, -0.25) is 0 Å². The van der Waals surface area contributed by atoms with Gasteiger partial charge in [0.1, 0.15) is 11.9 Å². The van der Waals surface area contributed by atoms with Crippen LogP contribution in [0.3, 0.4) is 0 Å². The SMILES string of the molecule is COc1ccc(-c2cc(C)nc(C(O)CN)n2)cc1. The van der Waals surface area contributed by atoms with Crippen molar-refractivity contribution >= 4 is 0 Å². The van der Waals surface area contributed by atoms with E-state index in [0.717, 1.165) is 22.7 Å². The molecule has 19 heavy (non-hydrogen) atoms. The maximum atomic E-state index is 9.74. The Hall–Kier alpha value is -1.98. The molecule has 0 fully saturated rings. The van der Waals surface area contributed by atoms with Crippen LogP contribution in [0, 0.1) is 6.92 Å². The molecule has 1 aromatic carbocycles. The number of nitrogens with two attached hydrogens (primary N) is 1. The molecule has 1 aromatic heterocycles. The minimum atomic E-state index is -0.836. The predicted octanol–water partition coefficient (Wildman–Crippen LogP) is 1.45. The number of aryl methyl sites for hydroxylation is 1. The fourth-order valence-electron chi connectivity index (χ4n) is 1.76. The summed E-state index contributed by atoms with van der Waals surface area (Å²) >= 11 is 0. The number of ether oxygens (including phenoxy) is 1. The first kappa shape index (κ1) is 13.5. The van der Waals surface area contributed by atoms with Crippen LogP contribution in [0.4, 0.5) is 0 Å². The molecule has 1 unspecified atom stereocenters. The Labute approximate surface area is 112 Å². The molecule has 0 aliphatic carbocycles. The van der Waals surface area contributed by atoms with Gasteiger partial charge in [0.15, 0.2) is 5.82 Å². The molecule has 0 saturated heterocycles. The van der Waals surface area contributed by atoms with Crippen molar-refractivity contribution in [1.29, 1.82) is 0 Å². The molecule has 0 bridgehead atoms. The lowest BCUT2D eigenvalue weighted by Crippen LogP contribution is -2.15. The van der Waals surface area contributed by atoms with E-state index in [2.05, 4.69) is 9.97 Å². The van der Waals surface area contributed by atoms with Crippen LogP contribution < -0.4 is 10.5 Å². The molecule has 2 rings (SSSR count). The minimum Gasteiger partial charge on any atom is -0.497 e. The highest BCUT2D eigenvalue weighted by Crippen LogP contribution is 2.22. The van der Waals surface area contributed by atoms with Crippen LogP contribution >= 0.6 is 0 Å². The first-order valence-corrected chi connectivity index (χ1v) is 6.02. The second-order valence-electron chi connectivity index (χ2n) is 4.23. The zero-order valence-corrected chi connectivity index (χ0v) is 11.0. The summed E-state index contributed by atoms with van der Waals surface area (Å²) < 4.78 is 5.12. The summed E-state index contributed by atoms with van der Waals surface area (Å²) in [5, 5.41) is 9.74. The number of nitrogens with zero attached hydrogens (tertiary/aromatic N) is 2. The number of hydrogen-bond acceptors (Lipinski definition) is 5. The highest BCUT2D eigenvalue weighted by Gasteiger charge is 2.11. The molecule has 100 valence electrons. The fraction of sp³-hybridized carbons (Fsp3) is 0.286. The van der Waals surface area contributed by atoms with Gasteiger partial charge in [-0.05, 0) is 37.3 Å². The summed E-state index contributed by atoms with van der Waals surface area (Å²) in [6.07, 6.45) is -0.836. The Balaban J connectivity index is 2.40. The summed E-state index contributed by atoms with van der Waals surface area (Å²) in [5.41, 5.74) is 7.93. The van der Waals surface area contributed by atoms with Crippen molar-refractivity contribution in [3.63, 3.8) is 0 Å². The molecular formula is C14H17N3O2. The summed E-state index contributed by atoms with van der Waals surface area (Å²) in [6, 6.07) is 9.44. The standard InChI is InChI=1S/C14H17N3O2/c1-9-7-12(17-14(16-9)13(18)8-15)10-3-5-11(19-2)6-4-10/h3-7,13,18H,8,15H2,1-2H3. The normalized spacial score (nSPS) is 12.2. The van der Waals surface area contributed by atoms with Gasteiger partial charge in [0.05, 0.1) is 12.8 Å². The molecule has 0 aliphatic rings. The van der Waals surface area contributed by atoms with Crippen LogP contribution in [-0.2, 0) is 0 Å². The number of methoxy groups -OCH3 is 1. The highest BCUT2D eigenvalue weighted by molar-refractivity contribution is 5.60. The topological polar surface area (TPSA) is 81.3 Å². The zero-order chi connectivity index (χ0) is 13.8. The van der Waals surface area contributed by atoms with E-state index in [0.29, 0.717) is 5.82 Å². The minimum absolute atomic E-state index is 0.103. The van der Waals surface area contributed by atoms with Crippen molar-refractivity contribution in [3.05, 3.63) is 41.9 Å². The summed E-state index contributed by atoms with van der Waals surface area (Å²) in [7, 11) is 1.62. The van der Waals surface area contributed by atoms with Gasteiger partial charge in [0.2, 0.25) is 0 Å². The van der Waals surface area contributed by atoms with Crippen molar-refractivity contribution < 1.29 is 9.84 Å². The average molecular weight is 259 g/mol. The third-order valence-electron chi connectivity index (χ3n) is 2.78. The van der Waals surface area contributed by atoms with E-state index in [-0.39, 0.29) is 6.54 Å². The first-order valence-electron chi connectivity index (χ1n) is 6.02. The van der Waals surface area contributed by atoms with Gasteiger partial charge in [0, 0.05) is 17.8 Å². The molecule has 0 radical (unpaired) electrons. The number of aliphatic hydroxyl groups is 1. The van der Waals surface area contributed by atoms with Crippen molar-refractivity contribution in [1.82, 2.24) is 9.97 Å². The van der Waals surface area contributed by atoms with Crippen LogP contribution in [0.5, 0.6) is 5.75 Å². The predicted molar refractivity (Wildman–Crippen MR) is 72.8 cm³/mol. The largest absolute Gasteiger partial charge is 0.497 e. The first-order chi connectivity index (χ1) is 9.13. The monoisotopic (exact) mass is 259 g/mol. The lowest BCUT2D eigenvalue weighted by atomic mass is 10.1. The number of hydrogen-bond donors (Lipinski definition) is 2. The van der Waals surface area contributed by atoms with Crippen molar-refractivity contribution in [2.24, 2.45) is 5.73 Å². The molecular weight excluding hydrogens is 242 g/mol. The van der Waals surface area contributed by atoms with Gasteiger partial charge in [0.25, 0.3) is 0 Å². The van der Waals surface area contributed by atoms with E-state index >= 15 is 0 Å². The summed E-state index contributed by atoms with van der Waals surface area (Å²) in [5.74, 6) is 1.14. The van der Waals surface area contributed by atoms with Crippen LogP contribution in [0.2, 0.25) is 0 Å². The quantitative estimate of drug-likeness (QED) is 0.868. The van der Waals surface area contributed by atoms with E-state index in [1.807, 2.05) is 37.3 Å². The Bertz CT molecular complexity index is 555. The second kappa shape index (κ2) is 5.77. The molecule has 0 spiro atoms. The van der Waals surface area contributed by atoms with E-state index in [1.165, 1.54) is 0 Å². The van der Waals surface area contributed by atoms with Crippen molar-refractivity contribution in [2.45, 2.75) is 13.0 Å². The van der Waals surface area contributed by atoms with Crippen LogP contribution in [0.25, 0.3) is 11.3 Å². The Morgan fingerprint density at radius 2 is 1.95 bits per heavy atom. The lowest BCUT2D eigenvalue weighted by Gasteiger charge is -2.10. The Kier molecular flexibility index (Phi) is 4.09.